The summed E-state index contributed by atoms with van der Waals surface area (Å²) in [6, 6.07) is 0. The van der Waals surface area contributed by atoms with Gasteiger partial charge in [-0.3, -0.25) is 0 Å². The Balaban J connectivity index is 1.55. The maximum Gasteiger partial charge on any atom is 0.187 e. The van der Waals surface area contributed by atoms with Gasteiger partial charge < -0.3 is 130 Å². The number of rotatable bonds is 17. The van der Waals surface area contributed by atoms with Crippen LogP contribution in [-0.4, -0.2) is 279 Å². The summed E-state index contributed by atoms with van der Waals surface area (Å²) in [5, 5.41) is 186. The molecule has 4 heterocycles. The van der Waals surface area contributed by atoms with Gasteiger partial charge in [0.25, 0.3) is 0 Å². The van der Waals surface area contributed by atoms with Gasteiger partial charge in [-0.2, -0.15) is 0 Å². The van der Waals surface area contributed by atoms with Crippen molar-refractivity contribution in [3.8, 4) is 0 Å². The summed E-state index contributed by atoms with van der Waals surface area (Å²) < 4.78 is 43.8. The summed E-state index contributed by atoms with van der Waals surface area (Å²) in [5.74, 6) is 0. The average molecular weight is 831 g/mol. The van der Waals surface area contributed by atoms with E-state index in [0.29, 0.717) is 0 Å². The Morgan fingerprint density at radius 3 is 1.05 bits per heavy atom. The van der Waals surface area contributed by atoms with Crippen molar-refractivity contribution in [3.05, 3.63) is 0 Å². The van der Waals surface area contributed by atoms with Crippen LogP contribution in [-0.2, 0) is 37.9 Å². The van der Waals surface area contributed by atoms with Crippen LogP contribution in [0.2, 0.25) is 0 Å². The van der Waals surface area contributed by atoms with E-state index in [-0.39, 0.29) is 0 Å². The summed E-state index contributed by atoms with van der Waals surface area (Å²) in [6.45, 7) is -5.91. The van der Waals surface area contributed by atoms with E-state index in [1.54, 1.807) is 0 Å². The van der Waals surface area contributed by atoms with Gasteiger partial charge >= 0.3 is 0 Å². The van der Waals surface area contributed by atoms with E-state index in [1.807, 2.05) is 0 Å². The Morgan fingerprint density at radius 2 is 0.696 bits per heavy atom. The van der Waals surface area contributed by atoms with Crippen molar-refractivity contribution in [2.75, 3.05) is 39.6 Å². The van der Waals surface area contributed by atoms with Crippen molar-refractivity contribution in [2.24, 2.45) is 0 Å². The molecule has 0 aromatic heterocycles. The molecule has 4 aliphatic heterocycles. The largest absolute Gasteiger partial charge is 0.394 e. The van der Waals surface area contributed by atoms with Crippen molar-refractivity contribution < 1.29 is 130 Å². The highest BCUT2D eigenvalue weighted by Gasteiger charge is 2.56. The van der Waals surface area contributed by atoms with Crippen LogP contribution in [0.5, 0.6) is 0 Å². The highest BCUT2D eigenvalue weighted by Crippen LogP contribution is 2.35. The van der Waals surface area contributed by atoms with E-state index in [2.05, 4.69) is 0 Å². The molecule has 4 rings (SSSR count). The normalized spacial score (nSPS) is 47.2. The van der Waals surface area contributed by atoms with Crippen LogP contribution in [0.25, 0.3) is 0 Å². The minimum atomic E-state index is -2.20. The second-order valence-corrected chi connectivity index (χ2v) is 13.7. The summed E-state index contributed by atoms with van der Waals surface area (Å²) in [6.07, 6.45) is -46.5. The molecule has 0 saturated carbocycles. The van der Waals surface area contributed by atoms with Crippen LogP contribution < -0.4 is 0 Å². The van der Waals surface area contributed by atoms with Crippen molar-refractivity contribution in [3.63, 3.8) is 0 Å². The predicted molar refractivity (Wildman–Crippen MR) is 169 cm³/mol. The van der Waals surface area contributed by atoms with Gasteiger partial charge in [-0.05, 0) is 0 Å². The monoisotopic (exact) mass is 830 g/mol. The number of ether oxygens (including phenoxy) is 8. The van der Waals surface area contributed by atoms with Crippen LogP contribution in [0.15, 0.2) is 0 Å². The topological polar surface area (TPSA) is 438 Å². The molecule has 4 fully saturated rings. The molecule has 4 saturated heterocycles. The van der Waals surface area contributed by atoms with Crippen LogP contribution in [0.4, 0.5) is 0 Å². The summed E-state index contributed by atoms with van der Waals surface area (Å²) >= 11 is 0. The van der Waals surface area contributed by atoms with Gasteiger partial charge in [0.2, 0.25) is 0 Å². The van der Waals surface area contributed by atoms with E-state index in [0.717, 1.165) is 0 Å². The number of aliphatic hydroxyl groups is 18. The third-order valence-corrected chi connectivity index (χ3v) is 9.96. The quantitative estimate of drug-likeness (QED) is 0.0647. The molecule has 0 aromatic rings. The summed E-state index contributed by atoms with van der Waals surface area (Å²) in [4.78, 5) is 0. The molecule has 0 amide bonds. The zero-order valence-electron chi connectivity index (χ0n) is 29.4. The average Bonchev–Trinajstić information content (AvgIpc) is 3.19. The Hall–Kier alpha value is -1.04. The third-order valence-electron chi connectivity index (χ3n) is 9.96. The second kappa shape index (κ2) is 21.0. The lowest BCUT2D eigenvalue weighted by molar-refractivity contribution is -0.392. The second-order valence-electron chi connectivity index (χ2n) is 13.7. The first-order valence-electron chi connectivity index (χ1n) is 17.5. The summed E-state index contributed by atoms with van der Waals surface area (Å²) in [5.41, 5.74) is 0. The fraction of sp³-hybridized carbons (Fsp3) is 1.00. The Kier molecular flexibility index (Phi) is 17.8. The lowest BCUT2D eigenvalue weighted by Gasteiger charge is -2.49. The van der Waals surface area contributed by atoms with Crippen LogP contribution >= 0.6 is 0 Å². The van der Waals surface area contributed by atoms with Crippen molar-refractivity contribution in [1.29, 1.82) is 0 Å². The van der Waals surface area contributed by atoms with E-state index in [1.165, 1.54) is 0 Å². The van der Waals surface area contributed by atoms with Gasteiger partial charge in [0.05, 0.1) is 39.6 Å². The molecule has 18 N–H and O–H groups in total. The Morgan fingerprint density at radius 1 is 0.375 bits per heavy atom. The van der Waals surface area contributed by atoms with Gasteiger partial charge in [-0.1, -0.05) is 0 Å². The fourth-order valence-electron chi connectivity index (χ4n) is 6.61. The number of hydrogen-bond donors (Lipinski definition) is 18. The molecule has 330 valence electrons. The SMILES string of the molecule is OC[C@@H](O)[C@H](O[C@@H]1O[C@H](CO)[C@H](O)[C@H](O[C@@H]2O[C@H](CO)[C@@H](O)[C@H](O[C@H]3O[C@H](CO)[C@H](O)[C@H](O[C@@H]4O[C@H](CO)[C@H](O)[C@H](O)[C@H]4O)[C@H]3O)[C@H]2O)[C@H]1O)[C@H](O)[C@@H](O)CO. The predicted octanol–water partition coefficient (Wildman–Crippen LogP) is -12.3. The van der Waals surface area contributed by atoms with Crippen LogP contribution in [0.3, 0.4) is 0 Å². The van der Waals surface area contributed by atoms with Crippen LogP contribution in [0.1, 0.15) is 0 Å². The molecule has 0 unspecified atom stereocenters. The molecule has 26 heteroatoms. The minimum Gasteiger partial charge on any atom is -0.394 e. The maximum atomic E-state index is 11.3. The molecule has 0 aromatic carbocycles. The highest BCUT2D eigenvalue weighted by molar-refractivity contribution is 4.98. The van der Waals surface area contributed by atoms with E-state index >= 15 is 0 Å². The molecular weight excluding hydrogens is 776 g/mol. The molecule has 0 spiro atoms. The lowest BCUT2D eigenvalue weighted by Crippen LogP contribution is -2.68. The van der Waals surface area contributed by atoms with Gasteiger partial charge in [0.1, 0.15) is 122 Å². The van der Waals surface area contributed by atoms with Gasteiger partial charge in [-0.15, -0.1) is 0 Å². The van der Waals surface area contributed by atoms with Crippen molar-refractivity contribution in [1.82, 2.24) is 0 Å². The van der Waals surface area contributed by atoms with Gasteiger partial charge in [0.15, 0.2) is 25.2 Å². The highest BCUT2D eigenvalue weighted by atomic mass is 16.8. The fourth-order valence-corrected chi connectivity index (χ4v) is 6.61. The molecule has 26 nitrogen and oxygen atoms in total. The van der Waals surface area contributed by atoms with E-state index in [9.17, 15) is 91.9 Å². The zero-order valence-corrected chi connectivity index (χ0v) is 29.4. The first kappa shape index (κ1) is 47.6. The van der Waals surface area contributed by atoms with Gasteiger partial charge in [-0.25, -0.2) is 0 Å². The zero-order chi connectivity index (χ0) is 41.8. The summed E-state index contributed by atoms with van der Waals surface area (Å²) in [7, 11) is 0. The molecule has 0 bridgehead atoms. The van der Waals surface area contributed by atoms with Crippen molar-refractivity contribution in [2.45, 2.75) is 147 Å². The van der Waals surface area contributed by atoms with Gasteiger partial charge in [0, 0.05) is 0 Å². The maximum absolute atomic E-state index is 11.3. The minimum absolute atomic E-state index is 0.856. The Labute approximate surface area is 317 Å². The lowest BCUT2D eigenvalue weighted by atomic mass is 9.95. The molecule has 0 aliphatic carbocycles. The van der Waals surface area contributed by atoms with Crippen LogP contribution in [0, 0.1) is 0 Å². The standard InChI is InChI=1S/C30H54O26/c31-1-7(37)13(39)23(8(38)2-32)53-28-20(46)25(16(42)10(4-34)50-28)55-30-22(48)26(17(43)12(6-36)52-30)56-29-21(47)24(15(41)11(5-35)51-29)54-27-19(45)18(44)14(40)9(3-33)49-27/h7-48H,1-6H2/t7-,8+,9+,10+,11+,12+,13+,14-,15-,16-,17+,18-,19+,20+,21+,22+,23-,24-,25-,26-,27-,28-,29+,30-/m0/s1. The number of aliphatic hydroxyl groups excluding tert-OH is 18. The molecule has 4 aliphatic rings. The molecule has 0 radical (unpaired) electrons. The molecule has 56 heavy (non-hydrogen) atoms. The molecular formula is C30H54O26. The molecule has 24 atom stereocenters. The first-order chi connectivity index (χ1) is 26.5. The van der Waals surface area contributed by atoms with E-state index < -0.39 is 187 Å². The first-order valence-corrected chi connectivity index (χ1v) is 17.5. The third kappa shape index (κ3) is 10.1. The smallest absolute Gasteiger partial charge is 0.187 e. The van der Waals surface area contributed by atoms with Crippen molar-refractivity contribution >= 4 is 0 Å². The Bertz CT molecular complexity index is 1160. The van der Waals surface area contributed by atoms with E-state index in [4.69, 9.17) is 37.9 Å². The number of hydrogen-bond acceptors (Lipinski definition) is 26.